The van der Waals surface area contributed by atoms with Crippen LogP contribution in [0.3, 0.4) is 0 Å². The minimum Gasteiger partial charge on any atom is -0.304 e. The van der Waals surface area contributed by atoms with E-state index in [2.05, 4.69) is 10.3 Å². The molecule has 11 heteroatoms. The molecule has 1 amide bonds. The Kier molecular flexibility index (Phi) is 5.61. The molecular weight excluding hydrogens is 384 g/mol. The van der Waals surface area contributed by atoms with Gasteiger partial charge in [0, 0.05) is 17.5 Å². The third-order valence-corrected chi connectivity index (χ3v) is 3.91. The first kappa shape index (κ1) is 20.2. The van der Waals surface area contributed by atoms with Gasteiger partial charge in [0.2, 0.25) is 0 Å². The Morgan fingerprint density at radius 2 is 1.62 bits per heavy atom. The molecule has 1 N–H and O–H groups in total. The topological polar surface area (TPSA) is 45.2 Å². The van der Waals surface area contributed by atoms with Gasteiger partial charge in [-0.2, -0.15) is 26.3 Å². The minimum absolute atomic E-state index is 0.0324. The number of anilines is 1. The lowest BCUT2D eigenvalue weighted by Crippen LogP contribution is -2.17. The Labute approximate surface area is 148 Å². The van der Waals surface area contributed by atoms with Gasteiger partial charge in [-0.05, 0) is 32.3 Å². The van der Waals surface area contributed by atoms with E-state index >= 15 is 0 Å². The van der Waals surface area contributed by atoms with E-state index in [0.29, 0.717) is 24.4 Å². The van der Waals surface area contributed by atoms with Gasteiger partial charge in [-0.25, -0.2) is 4.98 Å². The number of rotatable bonds is 4. The molecule has 0 aliphatic heterocycles. The molecule has 0 radical (unpaired) electrons. The molecule has 26 heavy (non-hydrogen) atoms. The van der Waals surface area contributed by atoms with Crippen LogP contribution >= 0.6 is 11.3 Å². The molecule has 4 nitrogen and oxygen atoms in total. The fourth-order valence-corrected chi connectivity index (χ4v) is 2.71. The van der Waals surface area contributed by atoms with Crippen molar-refractivity contribution in [1.82, 2.24) is 9.88 Å². The maximum absolute atomic E-state index is 12.8. The lowest BCUT2D eigenvalue weighted by Gasteiger charge is -2.13. The summed E-state index contributed by atoms with van der Waals surface area (Å²) in [6, 6.07) is 0.715. The van der Waals surface area contributed by atoms with Crippen LogP contribution in [0.2, 0.25) is 0 Å². The quantitative estimate of drug-likeness (QED) is 0.773. The predicted octanol–water partition coefficient (Wildman–Crippen LogP) is 4.49. The number of carbonyl (C=O) groups is 1. The summed E-state index contributed by atoms with van der Waals surface area (Å²) in [4.78, 5) is 18.0. The summed E-state index contributed by atoms with van der Waals surface area (Å²) in [7, 11) is 3.58. The predicted molar refractivity (Wildman–Crippen MR) is 83.9 cm³/mol. The number of thiazole rings is 1. The highest BCUT2D eigenvalue weighted by molar-refractivity contribution is 7.13. The first-order chi connectivity index (χ1) is 11.9. The summed E-state index contributed by atoms with van der Waals surface area (Å²) in [5.41, 5.74) is -3.25. The van der Waals surface area contributed by atoms with Gasteiger partial charge in [0.05, 0.1) is 16.8 Å². The Bertz CT molecular complexity index is 765. The highest BCUT2D eigenvalue weighted by atomic mass is 32.1. The number of nitrogens with one attached hydrogen (secondary N) is 1. The summed E-state index contributed by atoms with van der Waals surface area (Å²) < 4.78 is 77.0. The van der Waals surface area contributed by atoms with E-state index < -0.39 is 35.0 Å². The maximum atomic E-state index is 12.8. The molecule has 0 bridgehead atoms. The molecule has 1 aromatic heterocycles. The lowest BCUT2D eigenvalue weighted by molar-refractivity contribution is -0.143. The zero-order chi connectivity index (χ0) is 19.7. The molecule has 2 aromatic rings. The van der Waals surface area contributed by atoms with Crippen molar-refractivity contribution in [3.63, 3.8) is 0 Å². The molecule has 2 rings (SSSR count). The SMILES string of the molecule is CN(C)Cc1csc(NC(=O)c2cc(C(F)(F)F)cc(C(F)(F)F)c2)n1. The van der Waals surface area contributed by atoms with Crippen molar-refractivity contribution in [2.45, 2.75) is 18.9 Å². The van der Waals surface area contributed by atoms with Crippen LogP contribution in [-0.4, -0.2) is 29.9 Å². The third-order valence-electron chi connectivity index (χ3n) is 3.10. The van der Waals surface area contributed by atoms with Gasteiger partial charge in [-0.1, -0.05) is 0 Å². The number of nitrogens with zero attached hydrogens (tertiary/aromatic N) is 2. The smallest absolute Gasteiger partial charge is 0.304 e. The van der Waals surface area contributed by atoms with E-state index in [4.69, 9.17) is 0 Å². The zero-order valence-electron chi connectivity index (χ0n) is 13.5. The minimum atomic E-state index is -5.02. The van der Waals surface area contributed by atoms with E-state index in [1.54, 1.807) is 19.5 Å². The van der Waals surface area contributed by atoms with Gasteiger partial charge >= 0.3 is 12.4 Å². The van der Waals surface area contributed by atoms with E-state index in [0.717, 1.165) is 11.3 Å². The van der Waals surface area contributed by atoms with Gasteiger partial charge in [-0.3, -0.25) is 10.1 Å². The van der Waals surface area contributed by atoms with Crippen molar-refractivity contribution in [3.8, 4) is 0 Å². The average molecular weight is 397 g/mol. The fourth-order valence-electron chi connectivity index (χ4n) is 2.02. The molecule has 142 valence electrons. The van der Waals surface area contributed by atoms with Gasteiger partial charge in [0.25, 0.3) is 5.91 Å². The lowest BCUT2D eigenvalue weighted by atomic mass is 10.0. The van der Waals surface area contributed by atoms with Crippen LogP contribution in [0.25, 0.3) is 0 Å². The molecule has 1 heterocycles. The molecule has 0 spiro atoms. The average Bonchev–Trinajstić information content (AvgIpc) is 2.91. The zero-order valence-corrected chi connectivity index (χ0v) is 14.3. The van der Waals surface area contributed by atoms with Crippen LogP contribution in [0.4, 0.5) is 31.5 Å². The largest absolute Gasteiger partial charge is 0.416 e. The maximum Gasteiger partial charge on any atom is 0.416 e. The first-order valence-corrected chi connectivity index (χ1v) is 7.94. The second kappa shape index (κ2) is 7.23. The molecular formula is C15H13F6N3OS. The summed E-state index contributed by atoms with van der Waals surface area (Å²) in [6.07, 6.45) is -10.0. The molecule has 0 fully saturated rings. The van der Waals surface area contributed by atoms with Gasteiger partial charge in [-0.15, -0.1) is 11.3 Å². The summed E-state index contributed by atoms with van der Waals surface area (Å²) >= 11 is 1.02. The number of amides is 1. The van der Waals surface area contributed by atoms with E-state index in [1.165, 1.54) is 0 Å². The summed E-state index contributed by atoms with van der Waals surface area (Å²) in [5, 5.41) is 3.93. The van der Waals surface area contributed by atoms with Crippen molar-refractivity contribution in [2.24, 2.45) is 0 Å². The normalized spacial score (nSPS) is 12.5. The first-order valence-electron chi connectivity index (χ1n) is 7.06. The Balaban J connectivity index is 2.31. The fraction of sp³-hybridized carbons (Fsp3) is 0.333. The highest BCUT2D eigenvalue weighted by Crippen LogP contribution is 2.36. The number of hydrogen-bond donors (Lipinski definition) is 1. The number of halogens is 6. The van der Waals surface area contributed by atoms with Crippen LogP contribution in [0.5, 0.6) is 0 Å². The number of carbonyl (C=O) groups excluding carboxylic acids is 1. The van der Waals surface area contributed by atoms with Crippen molar-refractivity contribution in [3.05, 3.63) is 46.0 Å². The van der Waals surface area contributed by atoms with Gasteiger partial charge in [0.15, 0.2) is 5.13 Å². The standard InChI is InChI=1S/C15H13F6N3OS/c1-24(2)6-11-7-26-13(22-11)23-12(25)8-3-9(14(16,17)18)5-10(4-8)15(19,20)21/h3-5,7H,6H2,1-2H3,(H,22,23,25). The van der Waals surface area contributed by atoms with Crippen molar-refractivity contribution >= 4 is 22.4 Å². The number of alkyl halides is 6. The van der Waals surface area contributed by atoms with Crippen molar-refractivity contribution < 1.29 is 31.1 Å². The summed E-state index contributed by atoms with van der Waals surface area (Å²) in [6.45, 7) is 0.466. The second-order valence-electron chi connectivity index (χ2n) is 5.63. The van der Waals surface area contributed by atoms with Gasteiger partial charge in [0.1, 0.15) is 0 Å². The van der Waals surface area contributed by atoms with Gasteiger partial charge < -0.3 is 4.90 Å². The Hall–Kier alpha value is -2.14. The van der Waals surface area contributed by atoms with Crippen LogP contribution in [0, 0.1) is 0 Å². The molecule has 0 aliphatic rings. The monoisotopic (exact) mass is 397 g/mol. The van der Waals surface area contributed by atoms with Crippen LogP contribution in [-0.2, 0) is 18.9 Å². The second-order valence-corrected chi connectivity index (χ2v) is 6.49. The molecule has 1 aromatic carbocycles. The molecule has 0 saturated carbocycles. The van der Waals surface area contributed by atoms with E-state index in [1.807, 2.05) is 4.90 Å². The van der Waals surface area contributed by atoms with E-state index in [9.17, 15) is 31.1 Å². The number of benzene rings is 1. The van der Waals surface area contributed by atoms with Crippen molar-refractivity contribution in [2.75, 3.05) is 19.4 Å². The number of aromatic nitrogens is 1. The number of hydrogen-bond acceptors (Lipinski definition) is 4. The molecule has 0 aliphatic carbocycles. The Morgan fingerprint density at radius 1 is 1.08 bits per heavy atom. The third kappa shape index (κ3) is 5.18. The molecule has 0 unspecified atom stereocenters. The Morgan fingerprint density at radius 3 is 2.08 bits per heavy atom. The molecule has 0 saturated heterocycles. The van der Waals surface area contributed by atoms with E-state index in [-0.39, 0.29) is 11.2 Å². The van der Waals surface area contributed by atoms with Crippen LogP contribution < -0.4 is 5.32 Å². The van der Waals surface area contributed by atoms with Crippen LogP contribution in [0.15, 0.2) is 23.6 Å². The van der Waals surface area contributed by atoms with Crippen LogP contribution in [0.1, 0.15) is 27.2 Å². The van der Waals surface area contributed by atoms with Crippen molar-refractivity contribution in [1.29, 1.82) is 0 Å². The highest BCUT2D eigenvalue weighted by Gasteiger charge is 2.37. The molecule has 0 atom stereocenters. The summed E-state index contributed by atoms with van der Waals surface area (Å²) in [5.74, 6) is -1.10.